The van der Waals surface area contributed by atoms with Gasteiger partial charge in [0, 0.05) is 6.54 Å². The van der Waals surface area contributed by atoms with E-state index in [0.29, 0.717) is 13.2 Å². The summed E-state index contributed by atoms with van der Waals surface area (Å²) in [4.78, 5) is 12.3. The van der Waals surface area contributed by atoms with Crippen LogP contribution in [0, 0.1) is 6.92 Å². The number of aromatic nitrogens is 3. The minimum Gasteiger partial charge on any atom is -0.494 e. The first-order chi connectivity index (χ1) is 12.7. The van der Waals surface area contributed by atoms with Crippen molar-refractivity contribution >= 4 is 5.91 Å². The van der Waals surface area contributed by atoms with E-state index in [1.807, 2.05) is 55.5 Å². The number of hydrogen-bond acceptors (Lipinski definition) is 4. The molecule has 6 heteroatoms. The smallest absolute Gasteiger partial charge is 0.273 e. The Hall–Kier alpha value is -3.15. The quantitative estimate of drug-likeness (QED) is 0.710. The Labute approximate surface area is 152 Å². The van der Waals surface area contributed by atoms with Crippen LogP contribution in [0.25, 0.3) is 5.69 Å². The Balaban J connectivity index is 1.57. The van der Waals surface area contributed by atoms with E-state index in [0.717, 1.165) is 29.0 Å². The summed E-state index contributed by atoms with van der Waals surface area (Å²) in [5.41, 5.74) is 3.31. The highest BCUT2D eigenvalue weighted by Crippen LogP contribution is 2.13. The van der Waals surface area contributed by atoms with Crippen LogP contribution in [-0.4, -0.2) is 27.5 Å². The zero-order chi connectivity index (χ0) is 18.4. The second-order valence-corrected chi connectivity index (χ2v) is 6.06. The lowest BCUT2D eigenvalue weighted by Gasteiger charge is -2.06. The molecule has 0 saturated heterocycles. The summed E-state index contributed by atoms with van der Waals surface area (Å²) in [7, 11) is 0. The van der Waals surface area contributed by atoms with Gasteiger partial charge in [-0.3, -0.25) is 4.79 Å². The number of carbonyl (C=O) groups is 1. The Morgan fingerprint density at radius 3 is 2.54 bits per heavy atom. The fourth-order valence-electron chi connectivity index (χ4n) is 2.39. The summed E-state index contributed by atoms with van der Waals surface area (Å²) in [6, 6.07) is 15.6. The highest BCUT2D eigenvalue weighted by molar-refractivity contribution is 5.91. The van der Waals surface area contributed by atoms with Crippen LogP contribution >= 0.6 is 0 Å². The Bertz CT molecular complexity index is 854. The number of ether oxygens (including phenoxy) is 1. The maximum Gasteiger partial charge on any atom is 0.273 e. The molecule has 0 unspecified atom stereocenters. The molecule has 3 aromatic rings. The van der Waals surface area contributed by atoms with Crippen LogP contribution in [0.4, 0.5) is 0 Å². The predicted octanol–water partition coefficient (Wildman–Crippen LogP) is 3.29. The Morgan fingerprint density at radius 2 is 1.85 bits per heavy atom. The number of aryl methyl sites for hydroxylation is 1. The first-order valence-corrected chi connectivity index (χ1v) is 8.65. The third-order valence-electron chi connectivity index (χ3n) is 3.87. The van der Waals surface area contributed by atoms with Crippen LogP contribution in [0.1, 0.15) is 35.0 Å². The third-order valence-corrected chi connectivity index (χ3v) is 3.87. The summed E-state index contributed by atoms with van der Waals surface area (Å²) in [5.74, 6) is 0.581. The van der Waals surface area contributed by atoms with Crippen molar-refractivity contribution in [2.75, 3.05) is 6.61 Å². The van der Waals surface area contributed by atoms with Crippen molar-refractivity contribution in [3.8, 4) is 11.4 Å². The van der Waals surface area contributed by atoms with Gasteiger partial charge in [0.2, 0.25) is 0 Å². The molecule has 0 saturated carbocycles. The maximum absolute atomic E-state index is 12.3. The lowest BCUT2D eigenvalue weighted by Crippen LogP contribution is -2.23. The van der Waals surface area contributed by atoms with E-state index in [-0.39, 0.29) is 11.6 Å². The van der Waals surface area contributed by atoms with Gasteiger partial charge in [0.15, 0.2) is 5.69 Å². The van der Waals surface area contributed by atoms with E-state index in [4.69, 9.17) is 4.74 Å². The minimum absolute atomic E-state index is 0.255. The van der Waals surface area contributed by atoms with Crippen LogP contribution in [0.5, 0.6) is 5.75 Å². The number of rotatable bonds is 7. The summed E-state index contributed by atoms with van der Waals surface area (Å²) < 4.78 is 7.14. The molecule has 1 aromatic heterocycles. The molecule has 0 bridgehead atoms. The molecule has 0 spiro atoms. The van der Waals surface area contributed by atoms with E-state index < -0.39 is 0 Å². The van der Waals surface area contributed by atoms with Gasteiger partial charge in [-0.1, -0.05) is 42.0 Å². The van der Waals surface area contributed by atoms with E-state index in [1.165, 1.54) is 0 Å². The molecular weight excluding hydrogens is 328 g/mol. The van der Waals surface area contributed by atoms with E-state index in [1.54, 1.807) is 10.9 Å². The molecule has 1 N–H and O–H groups in total. The molecule has 0 aliphatic rings. The molecule has 2 aromatic carbocycles. The lowest BCUT2D eigenvalue weighted by molar-refractivity contribution is 0.0946. The molecule has 134 valence electrons. The topological polar surface area (TPSA) is 69.0 Å². The fraction of sp³-hybridized carbons (Fsp3) is 0.250. The minimum atomic E-state index is -0.255. The number of benzene rings is 2. The van der Waals surface area contributed by atoms with Gasteiger partial charge in [0.1, 0.15) is 5.75 Å². The highest BCUT2D eigenvalue weighted by Gasteiger charge is 2.11. The van der Waals surface area contributed by atoms with Crippen molar-refractivity contribution in [3.05, 3.63) is 71.5 Å². The van der Waals surface area contributed by atoms with Gasteiger partial charge in [0.25, 0.3) is 5.91 Å². The Morgan fingerprint density at radius 1 is 1.12 bits per heavy atom. The maximum atomic E-state index is 12.3. The number of hydrogen-bond donors (Lipinski definition) is 1. The van der Waals surface area contributed by atoms with Gasteiger partial charge in [-0.05, 0) is 43.2 Å². The van der Waals surface area contributed by atoms with Gasteiger partial charge in [-0.25, -0.2) is 4.68 Å². The average Bonchev–Trinajstić information content (AvgIpc) is 3.16. The van der Waals surface area contributed by atoms with Gasteiger partial charge in [0.05, 0.1) is 18.5 Å². The fourth-order valence-corrected chi connectivity index (χ4v) is 2.39. The number of amides is 1. The molecule has 0 atom stereocenters. The monoisotopic (exact) mass is 350 g/mol. The molecule has 0 aliphatic carbocycles. The zero-order valence-corrected chi connectivity index (χ0v) is 15.0. The molecule has 1 amide bonds. The first kappa shape index (κ1) is 17.7. The summed E-state index contributed by atoms with van der Waals surface area (Å²) >= 11 is 0. The van der Waals surface area contributed by atoms with Crippen LogP contribution in [0.3, 0.4) is 0 Å². The Kier molecular flexibility index (Phi) is 5.63. The SMILES string of the molecule is CCCOc1ccc(CNC(=O)c2cn(-c3ccc(C)cc3)nn2)cc1. The van der Waals surface area contributed by atoms with Crippen LogP contribution in [0.2, 0.25) is 0 Å². The third kappa shape index (κ3) is 4.47. The van der Waals surface area contributed by atoms with Gasteiger partial charge >= 0.3 is 0 Å². The number of nitrogens with one attached hydrogen (secondary N) is 1. The van der Waals surface area contributed by atoms with Crippen molar-refractivity contribution in [1.29, 1.82) is 0 Å². The average molecular weight is 350 g/mol. The highest BCUT2D eigenvalue weighted by atomic mass is 16.5. The van der Waals surface area contributed by atoms with Gasteiger partial charge in [-0.2, -0.15) is 0 Å². The molecule has 6 nitrogen and oxygen atoms in total. The van der Waals surface area contributed by atoms with E-state index >= 15 is 0 Å². The largest absolute Gasteiger partial charge is 0.494 e. The molecule has 0 fully saturated rings. The van der Waals surface area contributed by atoms with Crippen LogP contribution in [-0.2, 0) is 6.54 Å². The van der Waals surface area contributed by atoms with Crippen molar-refractivity contribution in [2.45, 2.75) is 26.8 Å². The summed E-state index contributed by atoms with van der Waals surface area (Å²) in [5, 5.41) is 10.8. The van der Waals surface area contributed by atoms with Crippen LogP contribution < -0.4 is 10.1 Å². The normalized spacial score (nSPS) is 10.5. The van der Waals surface area contributed by atoms with Crippen LogP contribution in [0.15, 0.2) is 54.7 Å². The predicted molar refractivity (Wildman–Crippen MR) is 99.5 cm³/mol. The summed E-state index contributed by atoms with van der Waals surface area (Å²) in [6.45, 7) is 5.21. The first-order valence-electron chi connectivity index (χ1n) is 8.65. The molecule has 3 rings (SSSR count). The van der Waals surface area contributed by atoms with Gasteiger partial charge < -0.3 is 10.1 Å². The second-order valence-electron chi connectivity index (χ2n) is 6.06. The van der Waals surface area contributed by atoms with Crippen molar-refractivity contribution in [2.24, 2.45) is 0 Å². The molecule has 26 heavy (non-hydrogen) atoms. The van der Waals surface area contributed by atoms with Crippen molar-refractivity contribution in [3.63, 3.8) is 0 Å². The number of nitrogens with zero attached hydrogens (tertiary/aromatic N) is 3. The molecule has 1 heterocycles. The second kappa shape index (κ2) is 8.29. The zero-order valence-electron chi connectivity index (χ0n) is 15.0. The molecule has 0 aliphatic heterocycles. The molecule has 0 radical (unpaired) electrons. The lowest BCUT2D eigenvalue weighted by atomic mass is 10.2. The van der Waals surface area contributed by atoms with Crippen molar-refractivity contribution < 1.29 is 9.53 Å². The van der Waals surface area contributed by atoms with Crippen molar-refractivity contribution in [1.82, 2.24) is 20.3 Å². The van der Waals surface area contributed by atoms with E-state index in [2.05, 4.69) is 22.6 Å². The molecular formula is C20H22N4O2. The summed E-state index contributed by atoms with van der Waals surface area (Å²) in [6.07, 6.45) is 2.60. The van der Waals surface area contributed by atoms with E-state index in [9.17, 15) is 4.79 Å². The van der Waals surface area contributed by atoms with Gasteiger partial charge in [-0.15, -0.1) is 5.10 Å². The standard InChI is InChI=1S/C20H22N4O2/c1-3-12-26-18-10-6-16(7-11-18)13-21-20(25)19-14-24(23-22-19)17-8-4-15(2)5-9-17/h4-11,14H,3,12-13H2,1-2H3,(H,21,25). The number of carbonyl (C=O) groups excluding carboxylic acids is 1.